The lowest BCUT2D eigenvalue weighted by Crippen LogP contribution is -2.41. The molecule has 2 heterocycles. The number of hydrogen-bond acceptors (Lipinski definition) is 7. The topological polar surface area (TPSA) is 135 Å². The molecule has 1 aromatic heterocycles. The number of carbonyl (C=O) groups is 3. The normalized spacial score (nSPS) is 13.5. The summed E-state index contributed by atoms with van der Waals surface area (Å²) in [6.45, 7) is -0.0613. The van der Waals surface area contributed by atoms with E-state index in [0.717, 1.165) is 11.1 Å². The fourth-order valence-electron chi connectivity index (χ4n) is 3.61. The number of nitrogens with zero attached hydrogens (tertiary/aromatic N) is 1. The Hall–Kier alpha value is -3.96. The van der Waals surface area contributed by atoms with Gasteiger partial charge in [-0.1, -0.05) is 30.3 Å². The van der Waals surface area contributed by atoms with Crippen molar-refractivity contribution in [2.24, 2.45) is 0 Å². The van der Waals surface area contributed by atoms with Gasteiger partial charge in [0.25, 0.3) is 5.91 Å². The third-order valence-corrected chi connectivity index (χ3v) is 7.23. The van der Waals surface area contributed by atoms with Crippen LogP contribution in [0.25, 0.3) is 0 Å². The second kappa shape index (κ2) is 10.5. The molecular weight excluding hydrogens is 474 g/mol. The molecule has 10 nitrogen and oxygen atoms in total. The molecule has 0 unspecified atom stereocenters. The first-order valence-electron chi connectivity index (χ1n) is 10.8. The van der Waals surface area contributed by atoms with Gasteiger partial charge >= 0.3 is 12.0 Å². The van der Waals surface area contributed by atoms with Gasteiger partial charge in [0.05, 0.1) is 23.3 Å². The zero-order valence-electron chi connectivity index (χ0n) is 18.6. The van der Waals surface area contributed by atoms with Crippen LogP contribution in [0.15, 0.2) is 76.2 Å². The van der Waals surface area contributed by atoms with Gasteiger partial charge < -0.3 is 14.5 Å². The second-order valence-corrected chi connectivity index (χ2v) is 9.71. The van der Waals surface area contributed by atoms with E-state index in [1.807, 2.05) is 29.6 Å². The molecule has 0 saturated carbocycles. The van der Waals surface area contributed by atoms with E-state index >= 15 is 0 Å². The van der Waals surface area contributed by atoms with Crippen LogP contribution in [-0.2, 0) is 39.1 Å². The average Bonchev–Trinajstić information content (AvgIpc) is 3.39. The largest absolute Gasteiger partial charge is 0.467 e. The number of carbonyl (C=O) groups excluding carboxylic acids is 3. The molecule has 3 amide bonds. The number of ether oxygens (including phenoxy) is 1. The Kier molecular flexibility index (Phi) is 7.28. The van der Waals surface area contributed by atoms with E-state index in [4.69, 9.17) is 9.15 Å². The number of furan rings is 1. The smallest absolute Gasteiger partial charge is 0.338 e. The van der Waals surface area contributed by atoms with E-state index in [1.165, 1.54) is 34.8 Å². The third-order valence-electron chi connectivity index (χ3n) is 5.39. The van der Waals surface area contributed by atoms with Crippen molar-refractivity contribution < 1.29 is 32.0 Å². The molecule has 0 aliphatic carbocycles. The van der Waals surface area contributed by atoms with Gasteiger partial charge in [-0.25, -0.2) is 18.0 Å². The summed E-state index contributed by atoms with van der Waals surface area (Å²) < 4.78 is 37.7. The van der Waals surface area contributed by atoms with Crippen molar-refractivity contribution in [3.05, 3.63) is 89.4 Å². The van der Waals surface area contributed by atoms with E-state index < -0.39 is 34.5 Å². The molecule has 35 heavy (non-hydrogen) atoms. The molecule has 0 radical (unpaired) electrons. The highest BCUT2D eigenvalue weighted by Gasteiger charge is 2.29. The molecule has 0 atom stereocenters. The minimum Gasteiger partial charge on any atom is -0.467 e. The van der Waals surface area contributed by atoms with Crippen LogP contribution in [0.2, 0.25) is 0 Å². The lowest BCUT2D eigenvalue weighted by molar-refractivity contribution is -0.123. The van der Waals surface area contributed by atoms with E-state index in [9.17, 15) is 22.8 Å². The van der Waals surface area contributed by atoms with Crippen LogP contribution < -0.4 is 10.6 Å². The number of nitrogens with one attached hydrogen (secondary N) is 2. The van der Waals surface area contributed by atoms with E-state index in [0.29, 0.717) is 18.7 Å². The first kappa shape index (κ1) is 24.2. The predicted molar refractivity (Wildman–Crippen MR) is 124 cm³/mol. The third kappa shape index (κ3) is 5.94. The zero-order chi connectivity index (χ0) is 24.8. The number of imide groups is 1. The van der Waals surface area contributed by atoms with Crippen LogP contribution in [0, 0.1) is 0 Å². The van der Waals surface area contributed by atoms with Crippen molar-refractivity contribution in [2.45, 2.75) is 24.4 Å². The maximum atomic E-state index is 13.2. The number of urea groups is 1. The maximum absolute atomic E-state index is 13.2. The number of esters is 1. The number of rotatable bonds is 7. The molecule has 1 aliphatic rings. The first-order valence-corrected chi connectivity index (χ1v) is 12.2. The van der Waals surface area contributed by atoms with Crippen LogP contribution in [-0.4, -0.2) is 43.8 Å². The average molecular weight is 498 g/mol. The van der Waals surface area contributed by atoms with Gasteiger partial charge in [-0.05, 0) is 47.9 Å². The Balaban J connectivity index is 1.33. The highest BCUT2D eigenvalue weighted by atomic mass is 32.2. The van der Waals surface area contributed by atoms with Gasteiger partial charge in [-0.2, -0.15) is 4.31 Å². The molecule has 4 rings (SSSR count). The summed E-state index contributed by atoms with van der Waals surface area (Å²) in [6.07, 6.45) is 2.05. The summed E-state index contributed by atoms with van der Waals surface area (Å²) in [4.78, 5) is 36.0. The van der Waals surface area contributed by atoms with E-state index in [-0.39, 0.29) is 23.5 Å². The Labute approximate surface area is 201 Å². The molecule has 182 valence electrons. The summed E-state index contributed by atoms with van der Waals surface area (Å²) in [5.41, 5.74) is 2.03. The lowest BCUT2D eigenvalue weighted by Gasteiger charge is -2.28. The summed E-state index contributed by atoms with van der Waals surface area (Å²) in [6, 6.07) is 15.6. The Morgan fingerprint density at radius 2 is 1.80 bits per heavy atom. The van der Waals surface area contributed by atoms with Crippen molar-refractivity contribution >= 4 is 27.9 Å². The van der Waals surface area contributed by atoms with Crippen LogP contribution in [0.1, 0.15) is 27.2 Å². The van der Waals surface area contributed by atoms with Crippen molar-refractivity contribution in [3.8, 4) is 0 Å². The van der Waals surface area contributed by atoms with E-state index in [1.54, 1.807) is 12.1 Å². The fraction of sp³-hybridized carbons (Fsp3) is 0.208. The lowest BCUT2D eigenvalue weighted by atomic mass is 10.0. The maximum Gasteiger partial charge on any atom is 0.338 e. The number of fused-ring (bicyclic) bond motifs is 1. The van der Waals surface area contributed by atoms with Gasteiger partial charge in [0.1, 0.15) is 5.76 Å². The van der Waals surface area contributed by atoms with Crippen molar-refractivity contribution in [1.82, 2.24) is 14.9 Å². The minimum absolute atomic E-state index is 0.0291. The molecule has 2 aromatic carbocycles. The summed E-state index contributed by atoms with van der Waals surface area (Å²) in [5.74, 6) is -1.23. The number of benzene rings is 2. The quantitative estimate of drug-likeness (QED) is 0.478. The number of sulfonamides is 1. The SMILES string of the molecule is O=C(COC(=O)c1cccc(S(=O)(=O)N2CCc3ccccc3C2)c1)NC(=O)NCc1ccco1. The minimum atomic E-state index is -3.85. The van der Waals surface area contributed by atoms with Crippen LogP contribution in [0.4, 0.5) is 4.79 Å². The zero-order valence-corrected chi connectivity index (χ0v) is 19.4. The highest BCUT2D eigenvalue weighted by Crippen LogP contribution is 2.25. The van der Waals surface area contributed by atoms with Gasteiger partial charge in [-0.3, -0.25) is 10.1 Å². The molecule has 0 saturated heterocycles. The van der Waals surface area contributed by atoms with Crippen LogP contribution >= 0.6 is 0 Å². The number of hydrogen-bond donors (Lipinski definition) is 2. The monoisotopic (exact) mass is 497 g/mol. The Morgan fingerprint density at radius 3 is 2.57 bits per heavy atom. The van der Waals surface area contributed by atoms with Gasteiger partial charge in [-0.15, -0.1) is 0 Å². The van der Waals surface area contributed by atoms with Crippen LogP contribution in [0.5, 0.6) is 0 Å². The molecule has 2 N–H and O–H groups in total. The number of amides is 3. The summed E-state index contributed by atoms with van der Waals surface area (Å²) in [5, 5.41) is 4.45. The molecule has 1 aliphatic heterocycles. The molecule has 3 aromatic rings. The van der Waals surface area contributed by atoms with Gasteiger partial charge in [0.15, 0.2) is 6.61 Å². The second-order valence-electron chi connectivity index (χ2n) is 7.77. The Morgan fingerprint density at radius 1 is 1.00 bits per heavy atom. The van der Waals surface area contributed by atoms with Crippen molar-refractivity contribution in [2.75, 3.05) is 13.2 Å². The summed E-state index contributed by atoms with van der Waals surface area (Å²) in [7, 11) is -3.85. The predicted octanol–water partition coefficient (Wildman–Crippen LogP) is 2.21. The standard InChI is InChI=1S/C24H23N3O7S/c28-22(26-24(30)25-14-20-8-4-12-33-20)16-34-23(29)18-7-3-9-21(13-18)35(31,32)27-11-10-17-5-1-2-6-19(17)15-27/h1-9,12-13H,10-11,14-16H2,(H2,25,26,28,30). The van der Waals surface area contributed by atoms with Gasteiger partial charge in [0, 0.05) is 13.1 Å². The van der Waals surface area contributed by atoms with Crippen molar-refractivity contribution in [1.29, 1.82) is 0 Å². The van der Waals surface area contributed by atoms with Gasteiger partial charge in [0.2, 0.25) is 10.0 Å². The molecule has 0 bridgehead atoms. The molecule has 0 fully saturated rings. The molecular formula is C24H23N3O7S. The fourth-order valence-corrected chi connectivity index (χ4v) is 5.07. The first-order chi connectivity index (χ1) is 16.8. The van der Waals surface area contributed by atoms with Crippen LogP contribution in [0.3, 0.4) is 0 Å². The van der Waals surface area contributed by atoms with Crippen molar-refractivity contribution in [3.63, 3.8) is 0 Å². The van der Waals surface area contributed by atoms with E-state index in [2.05, 4.69) is 5.32 Å². The molecule has 11 heteroatoms. The molecule has 0 spiro atoms. The Bertz CT molecular complexity index is 1340. The summed E-state index contributed by atoms with van der Waals surface area (Å²) >= 11 is 0. The highest BCUT2D eigenvalue weighted by molar-refractivity contribution is 7.89.